The quantitative estimate of drug-likeness (QED) is 0.109. The molecule has 0 spiro atoms. The van der Waals surface area contributed by atoms with E-state index in [0.29, 0.717) is 10.1 Å². The van der Waals surface area contributed by atoms with Crippen molar-refractivity contribution in [3.05, 3.63) is 0 Å². The minimum atomic E-state index is -1.56. The van der Waals surface area contributed by atoms with E-state index in [0.717, 1.165) is 26.1 Å². The maximum atomic E-state index is 10.3. The van der Waals surface area contributed by atoms with Crippen molar-refractivity contribution in [2.45, 2.75) is 187 Å². The smallest absolute Gasteiger partial charge is 0.191 e. The summed E-state index contributed by atoms with van der Waals surface area (Å²) in [5.41, 5.74) is 0. The second kappa shape index (κ2) is 18.6. The molecule has 0 heterocycles. The Morgan fingerprint density at radius 1 is 0.472 bits per heavy atom. The van der Waals surface area contributed by atoms with Crippen molar-refractivity contribution >= 4 is 16.6 Å². The van der Waals surface area contributed by atoms with Crippen LogP contribution in [0.5, 0.6) is 0 Å². The van der Waals surface area contributed by atoms with Crippen molar-refractivity contribution in [2.75, 3.05) is 13.2 Å². The normalized spacial score (nSPS) is 13.7. The molecule has 0 aromatic rings. The van der Waals surface area contributed by atoms with Gasteiger partial charge < -0.3 is 14.0 Å². The lowest BCUT2D eigenvalue weighted by molar-refractivity contribution is 0.147. The number of hydrogen-bond acceptors (Lipinski definition) is 3. The van der Waals surface area contributed by atoms with E-state index in [1.54, 1.807) is 0 Å². The minimum Gasteiger partial charge on any atom is -0.417 e. The molecule has 36 heavy (non-hydrogen) atoms. The molecule has 0 rings (SSSR count). The largest absolute Gasteiger partial charge is 0.417 e. The van der Waals surface area contributed by atoms with E-state index in [9.17, 15) is 5.11 Å². The highest BCUT2D eigenvalue weighted by Crippen LogP contribution is 2.37. The third kappa shape index (κ3) is 17.8. The molecule has 0 aliphatic rings. The summed E-state index contributed by atoms with van der Waals surface area (Å²) in [5.74, 6) is 0. The van der Waals surface area contributed by atoms with Gasteiger partial charge in [-0.3, -0.25) is 0 Å². The van der Waals surface area contributed by atoms with Crippen molar-refractivity contribution in [3.63, 3.8) is 0 Å². The Labute approximate surface area is 230 Å². The Balaban J connectivity index is 3.43. The molecule has 0 saturated heterocycles. The van der Waals surface area contributed by atoms with Crippen LogP contribution < -0.4 is 0 Å². The molecule has 0 fully saturated rings. The summed E-state index contributed by atoms with van der Waals surface area (Å²) in [6, 6.07) is 0. The molecule has 0 atom stereocenters. The van der Waals surface area contributed by atoms with Gasteiger partial charge in [-0.1, -0.05) is 119 Å². The third-order valence-electron chi connectivity index (χ3n) is 8.90. The van der Waals surface area contributed by atoms with Crippen molar-refractivity contribution < 1.29 is 14.0 Å². The number of rotatable bonds is 22. The molecule has 0 aromatic heterocycles. The van der Waals surface area contributed by atoms with E-state index in [-0.39, 0.29) is 6.10 Å². The lowest BCUT2D eigenvalue weighted by Crippen LogP contribution is -2.40. The van der Waals surface area contributed by atoms with Gasteiger partial charge in [0, 0.05) is 13.2 Å². The number of hydrogen-bond donors (Lipinski definition) is 1. The molecule has 0 saturated carbocycles. The van der Waals surface area contributed by atoms with Crippen LogP contribution in [0.4, 0.5) is 0 Å². The Bertz CT molecular complexity index is 475. The summed E-state index contributed by atoms with van der Waals surface area (Å²) in [6.45, 7) is 25.1. The molecule has 1 N–H and O–H groups in total. The molecule has 0 amide bonds. The molecule has 0 aliphatic carbocycles. The fraction of sp³-hybridized carbons (Fsp3) is 1.00. The van der Waals surface area contributed by atoms with Crippen LogP contribution in [-0.2, 0) is 8.85 Å². The van der Waals surface area contributed by atoms with Crippen LogP contribution in [0.3, 0.4) is 0 Å². The summed E-state index contributed by atoms with van der Waals surface area (Å²) in [7, 11) is -3.12. The first-order valence-electron chi connectivity index (χ1n) is 15.6. The average Bonchev–Trinajstić information content (AvgIpc) is 2.74. The van der Waals surface area contributed by atoms with Crippen molar-refractivity contribution in [3.8, 4) is 0 Å². The summed E-state index contributed by atoms with van der Waals surface area (Å²) in [5, 5.41) is 10.9. The van der Waals surface area contributed by atoms with E-state index in [1.807, 2.05) is 0 Å². The Kier molecular flexibility index (Phi) is 18.7. The molecule has 0 radical (unpaired) electrons. The van der Waals surface area contributed by atoms with Gasteiger partial charge in [-0.2, -0.15) is 0 Å². The standard InChI is InChI=1S/C31H68O3Si2/c1-30(2,3)35(7,8)33-27-23-19-15-11-13-17-21-25-29(32)26-22-18-14-12-16-20-24-28-34-36(9,10)31(4,5)6/h29,32H,11-28H2,1-10H3. The van der Waals surface area contributed by atoms with Crippen LogP contribution in [0.1, 0.15) is 144 Å². The SMILES string of the molecule is CC(C)(C)[Si](C)(C)OCCCCCCCCCC(O)CCCCCCCCCO[Si](C)(C)C(C)(C)C. The van der Waals surface area contributed by atoms with Crippen LogP contribution in [0.2, 0.25) is 36.3 Å². The zero-order valence-electron chi connectivity index (χ0n) is 26.6. The first-order chi connectivity index (χ1) is 16.6. The second-order valence-corrected chi connectivity index (χ2v) is 24.0. The Hall–Kier alpha value is 0.314. The molecule has 0 bridgehead atoms. The molecular formula is C31H68O3Si2. The van der Waals surface area contributed by atoms with E-state index in [4.69, 9.17) is 8.85 Å². The summed E-state index contributed by atoms with van der Waals surface area (Å²) in [4.78, 5) is 0. The molecule has 5 heteroatoms. The summed E-state index contributed by atoms with van der Waals surface area (Å²) >= 11 is 0. The molecular weight excluding hydrogens is 477 g/mol. The summed E-state index contributed by atoms with van der Waals surface area (Å²) in [6.07, 6.45) is 19.8. The van der Waals surface area contributed by atoms with Gasteiger partial charge in [0.05, 0.1) is 6.10 Å². The van der Waals surface area contributed by atoms with Crippen molar-refractivity contribution in [1.29, 1.82) is 0 Å². The lowest BCUT2D eigenvalue weighted by Gasteiger charge is -2.36. The van der Waals surface area contributed by atoms with Gasteiger partial charge >= 0.3 is 0 Å². The zero-order chi connectivity index (χ0) is 27.7. The van der Waals surface area contributed by atoms with Crippen molar-refractivity contribution in [2.24, 2.45) is 0 Å². The highest BCUT2D eigenvalue weighted by molar-refractivity contribution is 6.74. The lowest BCUT2D eigenvalue weighted by atomic mass is 10.0. The van der Waals surface area contributed by atoms with Gasteiger partial charge in [0.25, 0.3) is 0 Å². The van der Waals surface area contributed by atoms with E-state index in [1.165, 1.54) is 89.9 Å². The molecule has 3 nitrogen and oxygen atoms in total. The second-order valence-electron chi connectivity index (χ2n) is 14.4. The number of unbranched alkanes of at least 4 members (excludes halogenated alkanes) is 12. The van der Waals surface area contributed by atoms with Gasteiger partial charge in [-0.05, 0) is 61.9 Å². The molecule has 0 aliphatic heterocycles. The van der Waals surface area contributed by atoms with E-state index < -0.39 is 16.6 Å². The number of aliphatic hydroxyl groups excluding tert-OH is 1. The monoisotopic (exact) mass is 544 g/mol. The average molecular weight is 545 g/mol. The highest BCUT2D eigenvalue weighted by Gasteiger charge is 2.37. The predicted octanol–water partition coefficient (Wildman–Crippen LogP) is 10.6. The number of aliphatic hydroxyl groups is 1. The van der Waals surface area contributed by atoms with Crippen LogP contribution >= 0.6 is 0 Å². The fourth-order valence-corrected chi connectivity index (χ4v) is 6.14. The van der Waals surface area contributed by atoms with Crippen molar-refractivity contribution in [1.82, 2.24) is 0 Å². The van der Waals surface area contributed by atoms with Gasteiger partial charge in [0.2, 0.25) is 0 Å². The van der Waals surface area contributed by atoms with Crippen LogP contribution in [0, 0.1) is 0 Å². The third-order valence-corrected chi connectivity index (χ3v) is 18.0. The van der Waals surface area contributed by atoms with Crippen LogP contribution in [0.25, 0.3) is 0 Å². The molecule has 0 aromatic carbocycles. The van der Waals surface area contributed by atoms with E-state index in [2.05, 4.69) is 67.7 Å². The Morgan fingerprint density at radius 3 is 1.00 bits per heavy atom. The first-order valence-corrected chi connectivity index (χ1v) is 21.4. The maximum absolute atomic E-state index is 10.3. The van der Waals surface area contributed by atoms with Crippen LogP contribution in [0.15, 0.2) is 0 Å². The maximum Gasteiger partial charge on any atom is 0.191 e. The van der Waals surface area contributed by atoms with Gasteiger partial charge in [0.15, 0.2) is 16.6 Å². The summed E-state index contributed by atoms with van der Waals surface area (Å²) < 4.78 is 12.5. The Morgan fingerprint density at radius 2 is 0.722 bits per heavy atom. The first kappa shape index (κ1) is 36.3. The fourth-order valence-electron chi connectivity index (χ4n) is 3.96. The predicted molar refractivity (Wildman–Crippen MR) is 166 cm³/mol. The minimum absolute atomic E-state index is 0.0787. The van der Waals surface area contributed by atoms with Gasteiger partial charge in [-0.25, -0.2) is 0 Å². The van der Waals surface area contributed by atoms with Gasteiger partial charge in [-0.15, -0.1) is 0 Å². The molecule has 218 valence electrons. The van der Waals surface area contributed by atoms with Gasteiger partial charge in [0.1, 0.15) is 0 Å². The van der Waals surface area contributed by atoms with Crippen LogP contribution in [-0.4, -0.2) is 41.1 Å². The highest BCUT2D eigenvalue weighted by atomic mass is 28.4. The topological polar surface area (TPSA) is 38.7 Å². The zero-order valence-corrected chi connectivity index (χ0v) is 28.6. The van der Waals surface area contributed by atoms with E-state index >= 15 is 0 Å². The molecule has 0 unspecified atom stereocenters.